The van der Waals surface area contributed by atoms with Crippen LogP contribution in [0.3, 0.4) is 0 Å². The summed E-state index contributed by atoms with van der Waals surface area (Å²) >= 11 is 0. The minimum atomic E-state index is 0.855. The van der Waals surface area contributed by atoms with Gasteiger partial charge in [-0.05, 0) is 25.7 Å². The standard InChI is InChI=1S/C9H17O/c1-3-5-6-7-9-10-8-4-2/h3,9H,1,4-8H2,2H3. The fourth-order valence-electron chi connectivity index (χ4n) is 0.630. The SMILES string of the molecule is C=CCCC[CH]OCCC. The van der Waals surface area contributed by atoms with E-state index in [0.717, 1.165) is 32.3 Å². The van der Waals surface area contributed by atoms with Crippen LogP contribution >= 0.6 is 0 Å². The molecule has 0 unspecified atom stereocenters. The third kappa shape index (κ3) is 7.70. The van der Waals surface area contributed by atoms with Gasteiger partial charge in [0.25, 0.3) is 0 Å². The summed E-state index contributed by atoms with van der Waals surface area (Å²) in [5.74, 6) is 0. The first-order valence-electron chi connectivity index (χ1n) is 3.96. The summed E-state index contributed by atoms with van der Waals surface area (Å²) in [6.45, 7) is 8.50. The number of allylic oxidation sites excluding steroid dienone is 1. The Kier molecular flexibility index (Phi) is 8.44. The predicted octanol–water partition coefficient (Wildman–Crippen LogP) is 2.93. The van der Waals surface area contributed by atoms with E-state index in [4.69, 9.17) is 4.74 Å². The van der Waals surface area contributed by atoms with Crippen LogP contribution < -0.4 is 0 Å². The molecule has 0 aliphatic rings. The van der Waals surface area contributed by atoms with Crippen molar-refractivity contribution in [2.45, 2.75) is 32.6 Å². The van der Waals surface area contributed by atoms with Gasteiger partial charge in [0.2, 0.25) is 0 Å². The van der Waals surface area contributed by atoms with E-state index in [0.29, 0.717) is 0 Å². The van der Waals surface area contributed by atoms with Crippen LogP contribution in [0.4, 0.5) is 0 Å². The van der Waals surface area contributed by atoms with Gasteiger partial charge in [0.05, 0.1) is 6.61 Å². The lowest BCUT2D eigenvalue weighted by atomic mass is 10.2. The molecule has 0 amide bonds. The number of ether oxygens (including phenoxy) is 1. The second-order valence-electron chi connectivity index (χ2n) is 2.26. The van der Waals surface area contributed by atoms with Crippen molar-refractivity contribution in [3.8, 4) is 0 Å². The van der Waals surface area contributed by atoms with Crippen LogP contribution in [0.5, 0.6) is 0 Å². The van der Waals surface area contributed by atoms with Crippen LogP contribution in [0.15, 0.2) is 12.7 Å². The smallest absolute Gasteiger partial charge is 0.0836 e. The second kappa shape index (κ2) is 8.70. The molecule has 1 nitrogen and oxygen atoms in total. The average Bonchev–Trinajstić information content (AvgIpc) is 1.97. The molecule has 1 radical (unpaired) electrons. The number of hydrogen-bond acceptors (Lipinski definition) is 1. The van der Waals surface area contributed by atoms with E-state index in [9.17, 15) is 0 Å². The van der Waals surface area contributed by atoms with E-state index in [2.05, 4.69) is 13.5 Å². The molecule has 10 heavy (non-hydrogen) atoms. The third-order valence-electron chi connectivity index (χ3n) is 1.17. The highest BCUT2D eigenvalue weighted by Gasteiger charge is 1.86. The molecule has 0 saturated heterocycles. The zero-order valence-electron chi connectivity index (χ0n) is 6.81. The van der Waals surface area contributed by atoms with Crippen molar-refractivity contribution in [3.63, 3.8) is 0 Å². The zero-order chi connectivity index (χ0) is 7.66. The van der Waals surface area contributed by atoms with Crippen LogP contribution in [-0.2, 0) is 4.74 Å². The van der Waals surface area contributed by atoms with Crippen LogP contribution in [0, 0.1) is 6.61 Å². The fourth-order valence-corrected chi connectivity index (χ4v) is 0.630. The molecule has 0 aliphatic heterocycles. The monoisotopic (exact) mass is 141 g/mol. The molecule has 0 aromatic rings. The minimum Gasteiger partial charge on any atom is -0.376 e. The maximum Gasteiger partial charge on any atom is 0.0836 e. The molecule has 59 valence electrons. The summed E-state index contributed by atoms with van der Waals surface area (Å²) in [6.07, 6.45) is 6.33. The van der Waals surface area contributed by atoms with E-state index in [1.807, 2.05) is 12.7 Å². The summed E-state index contributed by atoms with van der Waals surface area (Å²) in [4.78, 5) is 0. The van der Waals surface area contributed by atoms with Crippen LogP contribution in [0.2, 0.25) is 0 Å². The van der Waals surface area contributed by atoms with Gasteiger partial charge in [0.1, 0.15) is 0 Å². The molecule has 0 saturated carbocycles. The Hall–Kier alpha value is -0.300. The fraction of sp³-hybridized carbons (Fsp3) is 0.667. The summed E-state index contributed by atoms with van der Waals surface area (Å²) in [5, 5.41) is 0. The van der Waals surface area contributed by atoms with Crippen molar-refractivity contribution in [1.82, 2.24) is 0 Å². The number of unbranched alkanes of at least 4 members (excludes halogenated alkanes) is 2. The molecule has 0 bridgehead atoms. The van der Waals surface area contributed by atoms with Crippen molar-refractivity contribution in [2.24, 2.45) is 0 Å². The Morgan fingerprint density at radius 2 is 2.20 bits per heavy atom. The maximum atomic E-state index is 5.17. The maximum absolute atomic E-state index is 5.17. The van der Waals surface area contributed by atoms with Gasteiger partial charge >= 0.3 is 0 Å². The molecule has 0 atom stereocenters. The molecule has 0 rings (SSSR count). The van der Waals surface area contributed by atoms with Crippen molar-refractivity contribution >= 4 is 0 Å². The lowest BCUT2D eigenvalue weighted by Gasteiger charge is -1.98. The molecule has 0 N–H and O–H groups in total. The normalized spacial score (nSPS) is 9.70. The molecule has 0 spiro atoms. The van der Waals surface area contributed by atoms with Gasteiger partial charge in [-0.25, -0.2) is 0 Å². The van der Waals surface area contributed by atoms with Gasteiger partial charge in [0.15, 0.2) is 0 Å². The molecular formula is C9H17O. The Morgan fingerprint density at radius 1 is 1.40 bits per heavy atom. The Morgan fingerprint density at radius 3 is 2.80 bits per heavy atom. The first kappa shape index (κ1) is 9.70. The topological polar surface area (TPSA) is 9.23 Å². The van der Waals surface area contributed by atoms with Gasteiger partial charge in [-0.3, -0.25) is 0 Å². The first-order valence-corrected chi connectivity index (χ1v) is 3.96. The molecule has 1 heteroatoms. The van der Waals surface area contributed by atoms with Crippen molar-refractivity contribution < 1.29 is 4.74 Å². The third-order valence-corrected chi connectivity index (χ3v) is 1.17. The quantitative estimate of drug-likeness (QED) is 0.391. The summed E-state index contributed by atoms with van der Waals surface area (Å²) in [7, 11) is 0. The van der Waals surface area contributed by atoms with Crippen LogP contribution in [0.1, 0.15) is 32.6 Å². The van der Waals surface area contributed by atoms with Crippen LogP contribution in [-0.4, -0.2) is 6.61 Å². The number of rotatable bonds is 7. The zero-order valence-corrected chi connectivity index (χ0v) is 6.81. The largest absolute Gasteiger partial charge is 0.376 e. The molecule has 0 aliphatic carbocycles. The predicted molar refractivity (Wildman–Crippen MR) is 44.6 cm³/mol. The van der Waals surface area contributed by atoms with E-state index >= 15 is 0 Å². The highest BCUT2D eigenvalue weighted by Crippen LogP contribution is 1.99. The summed E-state index contributed by atoms with van der Waals surface area (Å²) < 4.78 is 5.17. The van der Waals surface area contributed by atoms with E-state index in [-0.39, 0.29) is 0 Å². The molecule has 0 fully saturated rings. The lowest BCUT2D eigenvalue weighted by molar-refractivity contribution is 0.191. The van der Waals surface area contributed by atoms with Crippen LogP contribution in [0.25, 0.3) is 0 Å². The van der Waals surface area contributed by atoms with Gasteiger partial charge in [-0.1, -0.05) is 13.0 Å². The van der Waals surface area contributed by atoms with E-state index in [1.54, 1.807) is 0 Å². The minimum absolute atomic E-state index is 0.855. The first-order chi connectivity index (χ1) is 4.91. The second-order valence-corrected chi connectivity index (χ2v) is 2.26. The summed E-state index contributed by atoms with van der Waals surface area (Å²) in [5.41, 5.74) is 0. The van der Waals surface area contributed by atoms with Gasteiger partial charge in [-0.2, -0.15) is 0 Å². The highest BCUT2D eigenvalue weighted by molar-refractivity contribution is 4.66. The van der Waals surface area contributed by atoms with E-state index < -0.39 is 0 Å². The van der Waals surface area contributed by atoms with Gasteiger partial charge in [-0.15, -0.1) is 6.58 Å². The summed E-state index contributed by atoms with van der Waals surface area (Å²) in [6, 6.07) is 0. The molecular weight excluding hydrogens is 124 g/mol. The number of hydrogen-bond donors (Lipinski definition) is 0. The van der Waals surface area contributed by atoms with Crippen molar-refractivity contribution in [1.29, 1.82) is 0 Å². The van der Waals surface area contributed by atoms with Gasteiger partial charge in [0, 0.05) is 6.61 Å². The Bertz CT molecular complexity index is 69.1. The molecule has 0 aromatic heterocycles. The highest BCUT2D eigenvalue weighted by atomic mass is 16.5. The van der Waals surface area contributed by atoms with Gasteiger partial charge < -0.3 is 4.74 Å². The van der Waals surface area contributed by atoms with E-state index in [1.165, 1.54) is 0 Å². The Balaban J connectivity index is 2.70. The Labute approximate surface area is 64.1 Å². The average molecular weight is 141 g/mol. The lowest BCUT2D eigenvalue weighted by Crippen LogP contribution is -1.88. The molecule has 0 heterocycles. The van der Waals surface area contributed by atoms with Crippen molar-refractivity contribution in [3.05, 3.63) is 19.3 Å². The molecule has 0 aromatic carbocycles. The van der Waals surface area contributed by atoms with Crippen molar-refractivity contribution in [2.75, 3.05) is 6.61 Å².